The normalized spacial score (nSPS) is 10.7. The first-order valence-electron chi connectivity index (χ1n) is 3.95. The number of carbonyl (C=O) groups is 1. The van der Waals surface area contributed by atoms with Gasteiger partial charge in [-0.25, -0.2) is 9.78 Å². The summed E-state index contributed by atoms with van der Waals surface area (Å²) in [5.41, 5.74) is 0.332. The molecule has 0 N–H and O–H groups in total. The zero-order chi connectivity index (χ0) is 9.84. The highest BCUT2D eigenvalue weighted by atomic mass is 16.5. The van der Waals surface area contributed by atoms with Crippen molar-refractivity contribution in [3.8, 4) is 0 Å². The topological polar surface area (TPSA) is 44.1 Å². The number of nitrogens with zero attached hydrogens (tertiary/aromatic N) is 2. The van der Waals surface area contributed by atoms with Crippen LogP contribution in [0.1, 0.15) is 23.2 Å². The molecule has 70 valence electrons. The third-order valence-corrected chi connectivity index (χ3v) is 1.62. The van der Waals surface area contributed by atoms with Crippen LogP contribution in [-0.2, 0) is 4.74 Å². The lowest BCUT2D eigenvalue weighted by Gasteiger charge is -1.92. The van der Waals surface area contributed by atoms with E-state index in [1.807, 2.05) is 26.1 Å². The number of carbonyl (C=O) groups excluding carboxylic acids is 1. The zero-order valence-electron chi connectivity index (χ0n) is 7.94. The lowest BCUT2D eigenvalue weighted by atomic mass is 10.5. The van der Waals surface area contributed by atoms with Gasteiger partial charge in [-0.1, -0.05) is 6.08 Å². The van der Waals surface area contributed by atoms with Crippen LogP contribution in [0.4, 0.5) is 0 Å². The number of allylic oxidation sites excluding steroid dienone is 1. The maximum absolute atomic E-state index is 11.1. The molecule has 0 bridgehead atoms. The monoisotopic (exact) mass is 180 g/mol. The summed E-state index contributed by atoms with van der Waals surface area (Å²) >= 11 is 0. The number of hydrogen-bond acceptors (Lipinski definition) is 3. The lowest BCUT2D eigenvalue weighted by molar-refractivity contribution is 0.0594. The molecule has 0 aliphatic carbocycles. The number of imidazole rings is 1. The van der Waals surface area contributed by atoms with Gasteiger partial charge in [0.1, 0.15) is 5.82 Å². The van der Waals surface area contributed by atoms with Crippen molar-refractivity contribution in [2.24, 2.45) is 0 Å². The van der Waals surface area contributed by atoms with Crippen molar-refractivity contribution in [1.29, 1.82) is 0 Å². The molecule has 1 aromatic rings. The highest BCUT2D eigenvalue weighted by Crippen LogP contribution is 2.04. The van der Waals surface area contributed by atoms with Gasteiger partial charge in [0.25, 0.3) is 0 Å². The van der Waals surface area contributed by atoms with Crippen molar-refractivity contribution in [3.63, 3.8) is 0 Å². The second-order valence-corrected chi connectivity index (χ2v) is 2.55. The smallest absolute Gasteiger partial charge is 0.358 e. The first kappa shape index (κ1) is 9.51. The molecule has 0 aliphatic heterocycles. The van der Waals surface area contributed by atoms with Crippen LogP contribution in [0.25, 0.3) is 6.20 Å². The molecule has 0 atom stereocenters. The van der Waals surface area contributed by atoms with Crippen LogP contribution in [0, 0.1) is 6.92 Å². The highest BCUT2D eigenvalue weighted by molar-refractivity contribution is 5.87. The SMILES string of the molecule is C/C=C/n1cc(C(=O)OC)nc1C. The molecule has 13 heavy (non-hydrogen) atoms. The van der Waals surface area contributed by atoms with Gasteiger partial charge in [0, 0.05) is 12.4 Å². The maximum atomic E-state index is 11.1. The molecule has 0 aliphatic rings. The number of esters is 1. The number of aryl methyl sites for hydroxylation is 1. The van der Waals surface area contributed by atoms with Crippen LogP contribution in [-0.4, -0.2) is 22.6 Å². The molecule has 0 amide bonds. The molecule has 0 radical (unpaired) electrons. The number of aromatic nitrogens is 2. The molecular formula is C9H12N2O2. The van der Waals surface area contributed by atoms with E-state index in [-0.39, 0.29) is 0 Å². The molecule has 4 heteroatoms. The molecule has 0 fully saturated rings. The van der Waals surface area contributed by atoms with E-state index in [4.69, 9.17) is 0 Å². The quantitative estimate of drug-likeness (QED) is 0.647. The van der Waals surface area contributed by atoms with E-state index < -0.39 is 5.97 Å². The predicted molar refractivity (Wildman–Crippen MR) is 49.3 cm³/mol. The fraction of sp³-hybridized carbons (Fsp3) is 0.333. The van der Waals surface area contributed by atoms with Crippen molar-refractivity contribution in [2.45, 2.75) is 13.8 Å². The number of ether oxygens (including phenoxy) is 1. The van der Waals surface area contributed by atoms with Gasteiger partial charge in [0.2, 0.25) is 0 Å². The fourth-order valence-electron chi connectivity index (χ4n) is 1.00. The van der Waals surface area contributed by atoms with E-state index in [9.17, 15) is 4.79 Å². The summed E-state index contributed by atoms with van der Waals surface area (Å²) in [7, 11) is 1.34. The number of methoxy groups -OCH3 is 1. The van der Waals surface area contributed by atoms with Crippen LogP contribution < -0.4 is 0 Å². The van der Waals surface area contributed by atoms with Crippen LogP contribution in [0.15, 0.2) is 12.3 Å². The molecule has 0 spiro atoms. The van der Waals surface area contributed by atoms with Crippen molar-refractivity contribution < 1.29 is 9.53 Å². The Morgan fingerprint density at radius 1 is 1.69 bits per heavy atom. The molecule has 1 heterocycles. The van der Waals surface area contributed by atoms with Gasteiger partial charge in [-0.3, -0.25) is 0 Å². The minimum atomic E-state index is -0.411. The predicted octanol–water partition coefficient (Wildman–Crippen LogP) is 1.47. The molecule has 1 rings (SSSR count). The second kappa shape index (κ2) is 3.89. The first-order chi connectivity index (χ1) is 6.19. The van der Waals surface area contributed by atoms with E-state index in [0.29, 0.717) is 5.69 Å². The Labute approximate surface area is 76.8 Å². The highest BCUT2D eigenvalue weighted by Gasteiger charge is 2.10. The average molecular weight is 180 g/mol. The van der Waals surface area contributed by atoms with Crippen molar-refractivity contribution in [2.75, 3.05) is 7.11 Å². The Hall–Kier alpha value is -1.58. The zero-order valence-corrected chi connectivity index (χ0v) is 7.94. The van der Waals surface area contributed by atoms with E-state index in [2.05, 4.69) is 9.72 Å². The molecular weight excluding hydrogens is 168 g/mol. The molecule has 0 saturated carbocycles. The van der Waals surface area contributed by atoms with E-state index >= 15 is 0 Å². The van der Waals surface area contributed by atoms with Crippen LogP contribution in [0.2, 0.25) is 0 Å². The number of rotatable bonds is 2. The van der Waals surface area contributed by atoms with Crippen LogP contribution in [0.3, 0.4) is 0 Å². The van der Waals surface area contributed by atoms with Gasteiger partial charge in [-0.05, 0) is 13.8 Å². The molecule has 4 nitrogen and oxygen atoms in total. The number of hydrogen-bond donors (Lipinski definition) is 0. The van der Waals surface area contributed by atoms with Crippen LogP contribution >= 0.6 is 0 Å². The summed E-state index contributed by atoms with van der Waals surface area (Å²) < 4.78 is 6.31. The van der Waals surface area contributed by atoms with Gasteiger partial charge in [0.05, 0.1) is 7.11 Å². The third kappa shape index (κ3) is 1.96. The lowest BCUT2D eigenvalue weighted by Crippen LogP contribution is -2.00. The minimum absolute atomic E-state index is 0.332. The van der Waals surface area contributed by atoms with Gasteiger partial charge < -0.3 is 9.30 Å². The fourth-order valence-corrected chi connectivity index (χ4v) is 1.00. The molecule has 1 aromatic heterocycles. The summed E-state index contributed by atoms with van der Waals surface area (Å²) in [6, 6.07) is 0. The Kier molecular flexibility index (Phi) is 2.84. The van der Waals surface area contributed by atoms with Gasteiger partial charge in [0.15, 0.2) is 5.69 Å². The summed E-state index contributed by atoms with van der Waals surface area (Å²) in [6.45, 7) is 3.73. The Balaban J connectivity index is 3.01. The first-order valence-corrected chi connectivity index (χ1v) is 3.95. The van der Waals surface area contributed by atoms with Crippen molar-refractivity contribution >= 4 is 12.2 Å². The second-order valence-electron chi connectivity index (χ2n) is 2.55. The summed E-state index contributed by atoms with van der Waals surface area (Å²) in [4.78, 5) is 15.1. The maximum Gasteiger partial charge on any atom is 0.358 e. The molecule has 0 saturated heterocycles. The van der Waals surface area contributed by atoms with Crippen molar-refractivity contribution in [1.82, 2.24) is 9.55 Å². The summed E-state index contributed by atoms with van der Waals surface area (Å²) in [5.74, 6) is 0.352. The van der Waals surface area contributed by atoms with Gasteiger partial charge in [-0.2, -0.15) is 0 Å². The van der Waals surface area contributed by atoms with Gasteiger partial charge in [-0.15, -0.1) is 0 Å². The van der Waals surface area contributed by atoms with E-state index in [0.717, 1.165) is 5.82 Å². The summed E-state index contributed by atoms with van der Waals surface area (Å²) in [5, 5.41) is 0. The summed E-state index contributed by atoms with van der Waals surface area (Å²) in [6.07, 6.45) is 5.34. The van der Waals surface area contributed by atoms with E-state index in [1.54, 1.807) is 10.8 Å². The minimum Gasteiger partial charge on any atom is -0.464 e. The average Bonchev–Trinajstić information content (AvgIpc) is 2.47. The molecule has 0 unspecified atom stereocenters. The standard InChI is InChI=1S/C9H12N2O2/c1-4-5-11-6-8(9(12)13-3)10-7(11)2/h4-6H,1-3H3/b5-4+. The Morgan fingerprint density at radius 3 is 2.92 bits per heavy atom. The largest absolute Gasteiger partial charge is 0.464 e. The Morgan fingerprint density at radius 2 is 2.38 bits per heavy atom. The molecule has 0 aromatic carbocycles. The van der Waals surface area contributed by atoms with Crippen LogP contribution in [0.5, 0.6) is 0 Å². The Bertz CT molecular complexity index is 339. The van der Waals surface area contributed by atoms with Crippen molar-refractivity contribution in [3.05, 3.63) is 23.8 Å². The van der Waals surface area contributed by atoms with Gasteiger partial charge >= 0.3 is 5.97 Å². The third-order valence-electron chi connectivity index (χ3n) is 1.62. The van der Waals surface area contributed by atoms with E-state index in [1.165, 1.54) is 7.11 Å².